The second kappa shape index (κ2) is 5.30. The van der Waals surface area contributed by atoms with Crippen molar-refractivity contribution in [2.45, 2.75) is 6.92 Å². The monoisotopic (exact) mass is 355 g/mol. The molecule has 2 rings (SSSR count). The molecule has 5 nitrogen and oxygen atoms in total. The van der Waals surface area contributed by atoms with Crippen LogP contribution >= 0.6 is 22.6 Å². The third-order valence-electron chi connectivity index (χ3n) is 2.31. The van der Waals surface area contributed by atoms with Crippen molar-refractivity contribution in [1.82, 2.24) is 9.97 Å². The summed E-state index contributed by atoms with van der Waals surface area (Å²) in [6.07, 6.45) is 1.31. The van der Waals surface area contributed by atoms with Gasteiger partial charge in [0.15, 0.2) is 0 Å². The normalized spacial score (nSPS) is 10.1. The number of rotatable bonds is 3. The number of anilines is 2. The van der Waals surface area contributed by atoms with E-state index in [0.29, 0.717) is 11.6 Å². The summed E-state index contributed by atoms with van der Waals surface area (Å²) in [6, 6.07) is 7.74. The molecule has 0 unspecified atom stereocenters. The van der Waals surface area contributed by atoms with E-state index in [-0.39, 0.29) is 5.56 Å². The van der Waals surface area contributed by atoms with Crippen molar-refractivity contribution in [3.63, 3.8) is 0 Å². The fourth-order valence-electron chi connectivity index (χ4n) is 1.40. The maximum Gasteiger partial charge on any atom is 0.339 e. The molecule has 0 bridgehead atoms. The predicted octanol–water partition coefficient (Wildman–Crippen LogP) is 2.83. The molecular formula is C12H10IN3O2. The zero-order valence-electron chi connectivity index (χ0n) is 9.51. The lowest BCUT2D eigenvalue weighted by molar-refractivity contribution is 0.0695. The number of aromatic carboxylic acids is 1. The standard InChI is InChI=1S/C12H10IN3O2/c1-7-10(11(17)18)6-14-12(15-7)16-9-4-2-8(13)3-5-9/h2-6H,1H3,(H,17,18)(H,14,15,16). The van der Waals surface area contributed by atoms with Crippen LogP contribution in [0.4, 0.5) is 11.6 Å². The first-order valence-corrected chi connectivity index (χ1v) is 6.23. The zero-order valence-corrected chi connectivity index (χ0v) is 11.7. The topological polar surface area (TPSA) is 75.1 Å². The summed E-state index contributed by atoms with van der Waals surface area (Å²) in [5.74, 6) is -0.632. The van der Waals surface area contributed by atoms with Gasteiger partial charge in [0.1, 0.15) is 0 Å². The highest BCUT2D eigenvalue weighted by molar-refractivity contribution is 14.1. The van der Waals surface area contributed by atoms with Gasteiger partial charge in [-0.2, -0.15) is 0 Å². The Morgan fingerprint density at radius 3 is 2.56 bits per heavy atom. The van der Waals surface area contributed by atoms with E-state index in [1.807, 2.05) is 24.3 Å². The molecular weight excluding hydrogens is 345 g/mol. The summed E-state index contributed by atoms with van der Waals surface area (Å²) < 4.78 is 1.14. The molecule has 0 atom stereocenters. The average molecular weight is 355 g/mol. The van der Waals surface area contributed by atoms with Crippen molar-refractivity contribution < 1.29 is 9.90 Å². The minimum atomic E-state index is -1.02. The van der Waals surface area contributed by atoms with Crippen LogP contribution in [0.25, 0.3) is 0 Å². The first-order valence-electron chi connectivity index (χ1n) is 5.16. The van der Waals surface area contributed by atoms with Gasteiger partial charge >= 0.3 is 5.97 Å². The van der Waals surface area contributed by atoms with Crippen LogP contribution in [0, 0.1) is 10.5 Å². The molecule has 18 heavy (non-hydrogen) atoms. The SMILES string of the molecule is Cc1nc(Nc2ccc(I)cc2)ncc1C(=O)O. The van der Waals surface area contributed by atoms with Crippen LogP contribution in [0.5, 0.6) is 0 Å². The Hall–Kier alpha value is -1.70. The van der Waals surface area contributed by atoms with Crippen LogP contribution in [-0.2, 0) is 0 Å². The van der Waals surface area contributed by atoms with Gasteiger partial charge in [-0.1, -0.05) is 0 Å². The van der Waals surface area contributed by atoms with Crippen LogP contribution in [0.15, 0.2) is 30.5 Å². The van der Waals surface area contributed by atoms with Crippen LogP contribution < -0.4 is 5.32 Å². The Balaban J connectivity index is 2.22. The molecule has 1 aromatic carbocycles. The van der Waals surface area contributed by atoms with E-state index in [1.54, 1.807) is 6.92 Å². The summed E-state index contributed by atoms with van der Waals surface area (Å²) >= 11 is 2.22. The maximum absolute atomic E-state index is 10.8. The average Bonchev–Trinajstić information content (AvgIpc) is 2.32. The van der Waals surface area contributed by atoms with E-state index in [1.165, 1.54) is 6.20 Å². The molecule has 6 heteroatoms. The van der Waals surface area contributed by atoms with Gasteiger partial charge in [0.2, 0.25) is 5.95 Å². The fraction of sp³-hybridized carbons (Fsp3) is 0.0833. The second-order valence-electron chi connectivity index (χ2n) is 3.63. The number of hydrogen-bond donors (Lipinski definition) is 2. The molecule has 2 N–H and O–H groups in total. The number of aryl methyl sites for hydroxylation is 1. The minimum absolute atomic E-state index is 0.114. The Kier molecular flexibility index (Phi) is 3.75. The lowest BCUT2D eigenvalue weighted by Crippen LogP contribution is -2.06. The number of nitrogens with zero attached hydrogens (tertiary/aromatic N) is 2. The summed E-state index contributed by atoms with van der Waals surface area (Å²) in [5, 5.41) is 11.9. The van der Waals surface area contributed by atoms with Crippen molar-refractivity contribution in [3.8, 4) is 0 Å². The molecule has 0 fully saturated rings. The summed E-state index contributed by atoms with van der Waals surface area (Å²) in [4.78, 5) is 18.9. The summed E-state index contributed by atoms with van der Waals surface area (Å²) in [6.45, 7) is 1.64. The summed E-state index contributed by atoms with van der Waals surface area (Å²) in [5.41, 5.74) is 1.41. The van der Waals surface area contributed by atoms with Gasteiger partial charge in [-0.05, 0) is 53.8 Å². The smallest absolute Gasteiger partial charge is 0.339 e. The zero-order chi connectivity index (χ0) is 13.1. The summed E-state index contributed by atoms with van der Waals surface area (Å²) in [7, 11) is 0. The van der Waals surface area contributed by atoms with Crippen molar-refractivity contribution in [3.05, 3.63) is 45.3 Å². The number of carbonyl (C=O) groups is 1. The highest BCUT2D eigenvalue weighted by Crippen LogP contribution is 2.15. The van der Waals surface area contributed by atoms with E-state index in [9.17, 15) is 4.79 Å². The molecule has 0 saturated heterocycles. The third-order valence-corrected chi connectivity index (χ3v) is 3.03. The first-order chi connectivity index (χ1) is 8.56. The molecule has 2 aromatic rings. The van der Waals surface area contributed by atoms with E-state index in [2.05, 4.69) is 37.9 Å². The Morgan fingerprint density at radius 1 is 1.33 bits per heavy atom. The van der Waals surface area contributed by atoms with E-state index >= 15 is 0 Å². The van der Waals surface area contributed by atoms with Gasteiger partial charge in [0.25, 0.3) is 0 Å². The maximum atomic E-state index is 10.8. The lowest BCUT2D eigenvalue weighted by Gasteiger charge is -2.06. The highest BCUT2D eigenvalue weighted by atomic mass is 127. The molecule has 0 aliphatic heterocycles. The molecule has 0 radical (unpaired) electrons. The third kappa shape index (κ3) is 2.95. The number of halogens is 1. The molecule has 0 amide bonds. The van der Waals surface area contributed by atoms with Crippen molar-refractivity contribution in [2.24, 2.45) is 0 Å². The van der Waals surface area contributed by atoms with Crippen LogP contribution in [0.1, 0.15) is 16.1 Å². The van der Waals surface area contributed by atoms with Gasteiger partial charge in [-0.25, -0.2) is 14.8 Å². The van der Waals surface area contributed by atoms with Crippen molar-refractivity contribution in [2.75, 3.05) is 5.32 Å². The number of benzene rings is 1. The van der Waals surface area contributed by atoms with Crippen molar-refractivity contribution >= 4 is 40.2 Å². The van der Waals surface area contributed by atoms with E-state index in [0.717, 1.165) is 9.26 Å². The van der Waals surface area contributed by atoms with Crippen LogP contribution in [-0.4, -0.2) is 21.0 Å². The van der Waals surface area contributed by atoms with Gasteiger partial charge < -0.3 is 10.4 Å². The molecule has 92 valence electrons. The Labute approximate surface area is 117 Å². The van der Waals surface area contributed by atoms with E-state index < -0.39 is 5.97 Å². The second-order valence-corrected chi connectivity index (χ2v) is 4.88. The number of hydrogen-bond acceptors (Lipinski definition) is 4. The van der Waals surface area contributed by atoms with E-state index in [4.69, 9.17) is 5.11 Å². The number of aromatic nitrogens is 2. The van der Waals surface area contributed by atoms with Crippen LogP contribution in [0.2, 0.25) is 0 Å². The quantitative estimate of drug-likeness (QED) is 0.829. The molecule has 1 aromatic heterocycles. The minimum Gasteiger partial charge on any atom is -0.478 e. The van der Waals surface area contributed by atoms with Crippen molar-refractivity contribution in [1.29, 1.82) is 0 Å². The van der Waals surface area contributed by atoms with Crippen LogP contribution in [0.3, 0.4) is 0 Å². The number of nitrogens with one attached hydrogen (secondary N) is 1. The first kappa shape index (κ1) is 12.7. The number of carboxylic acid groups (broad SMARTS) is 1. The largest absolute Gasteiger partial charge is 0.478 e. The van der Waals surface area contributed by atoms with Gasteiger partial charge in [0.05, 0.1) is 11.3 Å². The fourth-order valence-corrected chi connectivity index (χ4v) is 1.76. The molecule has 1 heterocycles. The van der Waals surface area contributed by atoms with Gasteiger partial charge in [-0.15, -0.1) is 0 Å². The lowest BCUT2D eigenvalue weighted by atomic mass is 10.2. The predicted molar refractivity (Wildman–Crippen MR) is 76.2 cm³/mol. The molecule has 0 spiro atoms. The Bertz CT molecular complexity index is 584. The van der Waals surface area contributed by atoms with Gasteiger partial charge in [0, 0.05) is 15.5 Å². The van der Waals surface area contributed by atoms with Gasteiger partial charge in [-0.3, -0.25) is 0 Å². The molecule has 0 aliphatic carbocycles. The molecule has 0 aliphatic rings. The Morgan fingerprint density at radius 2 is 2.00 bits per heavy atom. The highest BCUT2D eigenvalue weighted by Gasteiger charge is 2.09. The number of carboxylic acids is 1. The molecule has 0 saturated carbocycles.